The van der Waals surface area contributed by atoms with E-state index in [0.717, 1.165) is 0 Å². The van der Waals surface area contributed by atoms with E-state index in [1.54, 1.807) is 48.5 Å². The lowest BCUT2D eigenvalue weighted by Crippen LogP contribution is -2.70. The van der Waals surface area contributed by atoms with E-state index in [1.165, 1.54) is 14.2 Å². The third kappa shape index (κ3) is 2.47. The summed E-state index contributed by atoms with van der Waals surface area (Å²) in [7, 11) is -0.896. The molecule has 4 nitrogen and oxygen atoms in total. The highest BCUT2D eigenvalue weighted by Gasteiger charge is 2.56. The molecule has 2 rings (SSSR count). The lowest BCUT2D eigenvalue weighted by Gasteiger charge is -2.26. The number of benzene rings is 2. The first kappa shape index (κ1) is 15.0. The molecule has 5 heteroatoms. The molecule has 108 valence electrons. The van der Waals surface area contributed by atoms with Crippen LogP contribution < -0.4 is 10.4 Å². The number of ether oxygens (including phenoxy) is 2. The van der Waals surface area contributed by atoms with Gasteiger partial charge >= 0.3 is 8.07 Å². The van der Waals surface area contributed by atoms with Gasteiger partial charge in [-0.05, 0) is 10.4 Å². The van der Waals surface area contributed by atoms with Crippen molar-refractivity contribution in [1.82, 2.24) is 0 Å². The second-order valence-corrected chi connectivity index (χ2v) is 7.94. The van der Waals surface area contributed by atoms with Crippen molar-refractivity contribution in [1.29, 1.82) is 0 Å². The lowest BCUT2D eigenvalue weighted by molar-refractivity contribution is 0.187. The van der Waals surface area contributed by atoms with Gasteiger partial charge < -0.3 is 9.47 Å². The number of methoxy groups -OCH3 is 2. The van der Waals surface area contributed by atoms with Gasteiger partial charge in [-0.25, -0.2) is 0 Å². The summed E-state index contributed by atoms with van der Waals surface area (Å²) in [5.41, 5.74) is -1.07. The van der Waals surface area contributed by atoms with Gasteiger partial charge in [-0.2, -0.15) is 0 Å². The van der Waals surface area contributed by atoms with E-state index in [4.69, 9.17) is 9.47 Å². The van der Waals surface area contributed by atoms with Crippen LogP contribution in [-0.4, -0.2) is 33.5 Å². The maximum absolute atomic E-state index is 12.6. The van der Waals surface area contributed by atoms with Crippen LogP contribution in [0, 0.1) is 0 Å². The standard InChI is InChI=1S/C16H16O4Si/c1-19-15(17)21(16(18)20-2,13-9-5-3-6-10-13)14-11-7-4-8-12-14/h3-12H,1-2H3. The number of hydrogen-bond donors (Lipinski definition) is 0. The molecule has 0 N–H and O–H groups in total. The van der Waals surface area contributed by atoms with Crippen LogP contribution in [0.15, 0.2) is 60.7 Å². The first-order valence-corrected chi connectivity index (χ1v) is 8.45. The van der Waals surface area contributed by atoms with E-state index in [1.807, 2.05) is 12.1 Å². The third-order valence-electron chi connectivity index (χ3n) is 3.40. The largest absolute Gasteiger partial charge is 0.472 e. The fourth-order valence-corrected chi connectivity index (χ4v) is 5.84. The molecular formula is C16H16O4Si. The first-order chi connectivity index (χ1) is 10.2. The predicted octanol–water partition coefficient (Wildman–Crippen LogP) is 1.95. The van der Waals surface area contributed by atoms with Crippen molar-refractivity contribution in [3.05, 3.63) is 60.7 Å². The third-order valence-corrected chi connectivity index (χ3v) is 7.43. The zero-order valence-electron chi connectivity index (χ0n) is 11.9. The molecule has 0 aliphatic heterocycles. The molecule has 2 aromatic rings. The highest BCUT2D eigenvalue weighted by molar-refractivity contribution is 7.37. The Morgan fingerprint density at radius 1 is 0.714 bits per heavy atom. The highest BCUT2D eigenvalue weighted by Crippen LogP contribution is 2.12. The Labute approximate surface area is 124 Å². The SMILES string of the molecule is COC(=O)[Si](C(=O)OC)(c1ccccc1)c1ccccc1. The molecule has 2 aromatic carbocycles. The average Bonchev–Trinajstić information content (AvgIpc) is 2.57. The molecule has 0 aliphatic rings. The van der Waals surface area contributed by atoms with Gasteiger partial charge in [0.25, 0.3) is 11.2 Å². The molecule has 0 bridgehead atoms. The Hall–Kier alpha value is -2.40. The van der Waals surface area contributed by atoms with E-state index in [2.05, 4.69) is 0 Å². The van der Waals surface area contributed by atoms with Crippen molar-refractivity contribution in [2.24, 2.45) is 0 Å². The summed E-state index contributed by atoms with van der Waals surface area (Å²) in [5.74, 6) is 0. The van der Waals surface area contributed by atoms with Crippen LogP contribution >= 0.6 is 0 Å². The number of rotatable bonds is 4. The molecule has 0 fully saturated rings. The Morgan fingerprint density at radius 2 is 1.05 bits per heavy atom. The molecule has 0 aliphatic carbocycles. The van der Waals surface area contributed by atoms with Gasteiger partial charge in [-0.3, -0.25) is 9.59 Å². The molecule has 0 saturated heterocycles. The van der Waals surface area contributed by atoms with Gasteiger partial charge in [-0.1, -0.05) is 60.7 Å². The van der Waals surface area contributed by atoms with Gasteiger partial charge in [0, 0.05) is 0 Å². The maximum atomic E-state index is 12.6. The van der Waals surface area contributed by atoms with Crippen molar-refractivity contribution in [2.45, 2.75) is 0 Å². The van der Waals surface area contributed by atoms with Crippen LogP contribution in [0.3, 0.4) is 0 Å². The number of carbonyl (C=O) groups is 2. The zero-order valence-corrected chi connectivity index (χ0v) is 12.9. The van der Waals surface area contributed by atoms with Crippen LogP contribution in [0.1, 0.15) is 0 Å². The highest BCUT2D eigenvalue weighted by atomic mass is 28.3. The Balaban J connectivity index is 2.78. The van der Waals surface area contributed by atoms with Gasteiger partial charge in [0.15, 0.2) is 0 Å². The normalized spacial score (nSPS) is 10.8. The van der Waals surface area contributed by atoms with Crippen molar-refractivity contribution in [2.75, 3.05) is 14.2 Å². The van der Waals surface area contributed by atoms with Crippen LogP contribution in [0.25, 0.3) is 0 Å². The summed E-state index contributed by atoms with van der Waals surface area (Å²) in [5, 5.41) is 1.30. The minimum atomic E-state index is -3.48. The summed E-state index contributed by atoms with van der Waals surface area (Å²) in [6, 6.07) is 17.9. The van der Waals surface area contributed by atoms with Crippen LogP contribution in [0.4, 0.5) is 9.59 Å². The summed E-state index contributed by atoms with van der Waals surface area (Å²) < 4.78 is 9.94. The van der Waals surface area contributed by atoms with E-state index >= 15 is 0 Å². The summed E-state index contributed by atoms with van der Waals surface area (Å²) in [6.45, 7) is 0. The quantitative estimate of drug-likeness (QED) is 0.810. The molecule has 0 amide bonds. The van der Waals surface area contributed by atoms with Crippen LogP contribution in [0.2, 0.25) is 0 Å². The zero-order chi connectivity index (χ0) is 15.3. The monoisotopic (exact) mass is 300 g/mol. The molecule has 21 heavy (non-hydrogen) atoms. The minimum absolute atomic E-state index is 0.535. The van der Waals surface area contributed by atoms with Crippen molar-refractivity contribution in [3.63, 3.8) is 0 Å². The Kier molecular flexibility index (Phi) is 4.54. The second kappa shape index (κ2) is 6.36. The van der Waals surface area contributed by atoms with E-state index in [-0.39, 0.29) is 0 Å². The van der Waals surface area contributed by atoms with Crippen molar-refractivity contribution in [3.8, 4) is 0 Å². The Morgan fingerprint density at radius 3 is 1.33 bits per heavy atom. The van der Waals surface area contributed by atoms with E-state index < -0.39 is 19.3 Å². The predicted molar refractivity (Wildman–Crippen MR) is 82.7 cm³/mol. The van der Waals surface area contributed by atoms with Gasteiger partial charge in [0.05, 0.1) is 14.2 Å². The summed E-state index contributed by atoms with van der Waals surface area (Å²) in [6.07, 6.45) is 0. The first-order valence-electron chi connectivity index (χ1n) is 6.45. The number of hydrogen-bond acceptors (Lipinski definition) is 4. The smallest absolute Gasteiger partial charge is 0.370 e. The van der Waals surface area contributed by atoms with Gasteiger partial charge in [-0.15, -0.1) is 0 Å². The molecule has 0 saturated carbocycles. The van der Waals surface area contributed by atoms with Gasteiger partial charge in [0.2, 0.25) is 0 Å². The fourth-order valence-electron chi connectivity index (χ4n) is 2.40. The maximum Gasteiger partial charge on any atom is 0.370 e. The number of carbonyl (C=O) groups excluding carboxylic acids is 2. The Bertz CT molecular complexity index is 568. The minimum Gasteiger partial charge on any atom is -0.472 e. The van der Waals surface area contributed by atoms with Gasteiger partial charge in [0.1, 0.15) is 0 Å². The molecule has 0 radical (unpaired) electrons. The average molecular weight is 300 g/mol. The van der Waals surface area contributed by atoms with Crippen LogP contribution in [0.5, 0.6) is 0 Å². The lowest BCUT2D eigenvalue weighted by atomic mass is 10.4. The molecule has 0 unspecified atom stereocenters. The fraction of sp³-hybridized carbons (Fsp3) is 0.125. The summed E-state index contributed by atoms with van der Waals surface area (Å²) in [4.78, 5) is 25.1. The second-order valence-electron chi connectivity index (χ2n) is 4.47. The molecule has 0 atom stereocenters. The van der Waals surface area contributed by atoms with Crippen LogP contribution in [-0.2, 0) is 9.47 Å². The van der Waals surface area contributed by atoms with E-state index in [0.29, 0.717) is 10.4 Å². The molecule has 0 spiro atoms. The molecule has 0 aromatic heterocycles. The summed E-state index contributed by atoms with van der Waals surface area (Å²) >= 11 is 0. The van der Waals surface area contributed by atoms with Crippen molar-refractivity contribution >= 4 is 29.6 Å². The van der Waals surface area contributed by atoms with E-state index in [9.17, 15) is 9.59 Å². The topological polar surface area (TPSA) is 52.6 Å². The van der Waals surface area contributed by atoms with Crippen molar-refractivity contribution < 1.29 is 19.1 Å². The molecule has 0 heterocycles. The molecular weight excluding hydrogens is 284 g/mol.